The second-order valence-corrected chi connectivity index (χ2v) is 15.1. The number of hydrogen-bond acceptors (Lipinski definition) is 10. The molecule has 0 amide bonds. The van der Waals surface area contributed by atoms with Gasteiger partial charge in [0.2, 0.25) is 0 Å². The summed E-state index contributed by atoms with van der Waals surface area (Å²) in [5.74, 6) is -0.666. The number of benzene rings is 4. The van der Waals surface area contributed by atoms with Crippen LogP contribution >= 0.6 is 22.7 Å². The van der Waals surface area contributed by atoms with Crippen LogP contribution in [0.4, 0.5) is 11.4 Å². The number of nitrogens with two attached hydrogens (primary N) is 1. The number of carbonyl (C=O) groups excluding carboxylic acids is 2. The summed E-state index contributed by atoms with van der Waals surface area (Å²) in [5, 5.41) is 6.22. The number of nitrogens with zero attached hydrogens (tertiary/aromatic N) is 4. The Balaban J connectivity index is 0.000000214. The molecule has 284 valence electrons. The van der Waals surface area contributed by atoms with E-state index in [1.54, 1.807) is 46.9 Å². The third-order valence-corrected chi connectivity index (χ3v) is 11.0. The number of thiazole rings is 2. The van der Waals surface area contributed by atoms with Gasteiger partial charge in [0.05, 0.1) is 58.8 Å². The zero-order valence-corrected chi connectivity index (χ0v) is 34.2. The van der Waals surface area contributed by atoms with Gasteiger partial charge >= 0.3 is 11.9 Å². The summed E-state index contributed by atoms with van der Waals surface area (Å²) in [4.78, 5) is 39.3. The van der Waals surface area contributed by atoms with Gasteiger partial charge < -0.3 is 20.1 Å². The first-order valence-electron chi connectivity index (χ1n) is 17.9. The first-order chi connectivity index (χ1) is 26.4. The highest BCUT2D eigenvalue weighted by atomic mass is 32.1. The Kier molecular flexibility index (Phi) is 13.7. The number of aryl methyl sites for hydroxylation is 4. The number of aromatic nitrogens is 2. The number of hydrogen-bond donors (Lipinski definition) is 1. The van der Waals surface area contributed by atoms with E-state index in [0.717, 1.165) is 74.4 Å². The zero-order chi connectivity index (χ0) is 39.6. The molecular weight excluding hydrogens is 727 g/mol. The number of anilines is 1. The number of ether oxygens (including phenoxy) is 2. The molecule has 4 aromatic carbocycles. The molecule has 6 rings (SSSR count). The smallest absolute Gasteiger partial charge is 0.337 e. The van der Waals surface area contributed by atoms with Crippen molar-refractivity contribution >= 4 is 52.3 Å². The fourth-order valence-corrected chi connectivity index (χ4v) is 7.34. The monoisotopic (exact) mass is 773 g/mol. The Bertz CT molecular complexity index is 2290. The fourth-order valence-electron chi connectivity index (χ4n) is 5.69. The van der Waals surface area contributed by atoms with Crippen LogP contribution in [0.3, 0.4) is 0 Å². The van der Waals surface area contributed by atoms with Crippen molar-refractivity contribution in [2.75, 3.05) is 33.5 Å². The maximum atomic E-state index is 11.6. The minimum atomic E-state index is -0.334. The number of aliphatic imine (C=N–C) groups is 1. The van der Waals surface area contributed by atoms with Crippen molar-refractivity contribution < 1.29 is 19.1 Å². The van der Waals surface area contributed by atoms with Gasteiger partial charge in [-0.1, -0.05) is 36.4 Å². The summed E-state index contributed by atoms with van der Waals surface area (Å²) >= 11 is 3.29. The van der Waals surface area contributed by atoms with Crippen molar-refractivity contribution in [1.82, 2.24) is 14.9 Å². The van der Waals surface area contributed by atoms with Crippen LogP contribution in [0, 0.1) is 27.7 Å². The second-order valence-electron chi connectivity index (χ2n) is 13.3. The van der Waals surface area contributed by atoms with E-state index in [1.165, 1.54) is 36.5 Å². The van der Waals surface area contributed by atoms with Gasteiger partial charge in [0, 0.05) is 54.0 Å². The molecule has 2 aromatic heterocycles. The van der Waals surface area contributed by atoms with Crippen molar-refractivity contribution in [3.63, 3.8) is 0 Å². The quantitative estimate of drug-likeness (QED) is 0.0598. The summed E-state index contributed by atoms with van der Waals surface area (Å²) in [7, 11) is 4.78. The van der Waals surface area contributed by atoms with E-state index in [-0.39, 0.29) is 11.9 Å². The van der Waals surface area contributed by atoms with Crippen LogP contribution in [0.25, 0.3) is 22.5 Å². The molecule has 2 N–H and O–H groups in total. The summed E-state index contributed by atoms with van der Waals surface area (Å²) in [6.45, 7) is 11.3. The SMILES string of the molecule is CCN(C)C=Nc1cc(C)c(Cc2nc(-c3ccc(C(=O)OC)cc3)cs2)cc1C.COC(=O)c1ccc(-c2csc(Cc3cc(C)c(N)cc3C)n2)cc1. The first-order valence-corrected chi connectivity index (χ1v) is 19.6. The van der Waals surface area contributed by atoms with Crippen LogP contribution in [-0.2, 0) is 22.3 Å². The van der Waals surface area contributed by atoms with E-state index in [9.17, 15) is 9.59 Å². The number of methoxy groups -OCH3 is 2. The molecule has 0 saturated carbocycles. The van der Waals surface area contributed by atoms with Crippen molar-refractivity contribution in [3.05, 3.63) is 138 Å². The van der Waals surface area contributed by atoms with Gasteiger partial charge in [-0.05, 0) is 104 Å². The minimum absolute atomic E-state index is 0.333. The Labute approximate surface area is 331 Å². The van der Waals surface area contributed by atoms with Gasteiger partial charge in [0.1, 0.15) is 0 Å². The minimum Gasteiger partial charge on any atom is -0.465 e. The molecule has 0 aliphatic rings. The lowest BCUT2D eigenvalue weighted by Crippen LogP contribution is -2.14. The molecule has 55 heavy (non-hydrogen) atoms. The third kappa shape index (κ3) is 10.5. The summed E-state index contributed by atoms with van der Waals surface area (Å²) in [5.41, 5.74) is 19.8. The molecule has 0 bridgehead atoms. The standard InChI is InChI=1S/C24H27N3O2S.C20H20N2O2S/c1-6-27(4)15-25-21-12-16(2)20(11-17(21)3)13-23-26-22(14-30-23)18-7-9-19(10-8-18)24(28)29-5;1-12-9-17(21)13(2)8-16(12)10-19-22-18(11-25-19)14-4-6-15(7-5-14)20(23)24-3/h7-12,14-15H,6,13H2,1-5H3;4-9,11H,10,21H2,1-3H3. The van der Waals surface area contributed by atoms with Crippen LogP contribution in [0.5, 0.6) is 0 Å². The first kappa shape index (κ1) is 40.5. The molecule has 0 atom stereocenters. The summed E-state index contributed by atoms with van der Waals surface area (Å²) in [6, 6.07) is 23.1. The van der Waals surface area contributed by atoms with E-state index < -0.39 is 0 Å². The Morgan fingerprint density at radius 3 is 1.62 bits per heavy atom. The average molecular weight is 774 g/mol. The van der Waals surface area contributed by atoms with Crippen molar-refractivity contribution in [1.29, 1.82) is 0 Å². The van der Waals surface area contributed by atoms with Gasteiger partial charge in [0.25, 0.3) is 0 Å². The lowest BCUT2D eigenvalue weighted by molar-refractivity contribution is 0.0592. The Morgan fingerprint density at radius 1 is 0.709 bits per heavy atom. The molecule has 0 aliphatic heterocycles. The fraction of sp³-hybridized carbons (Fsp3) is 0.250. The topological polar surface area (TPSA) is 120 Å². The molecule has 0 spiro atoms. The highest BCUT2D eigenvalue weighted by Crippen LogP contribution is 2.29. The van der Waals surface area contributed by atoms with Crippen LogP contribution in [0.1, 0.15) is 71.0 Å². The molecule has 0 aliphatic carbocycles. The summed E-state index contributed by atoms with van der Waals surface area (Å²) < 4.78 is 9.47. The zero-order valence-electron chi connectivity index (χ0n) is 32.6. The van der Waals surface area contributed by atoms with E-state index in [1.807, 2.05) is 56.0 Å². The number of carbonyl (C=O) groups is 2. The Morgan fingerprint density at radius 2 is 1.16 bits per heavy atom. The normalized spacial score (nSPS) is 10.9. The second kappa shape index (κ2) is 18.6. The molecule has 11 heteroatoms. The van der Waals surface area contributed by atoms with E-state index in [4.69, 9.17) is 25.2 Å². The van der Waals surface area contributed by atoms with Gasteiger partial charge in [-0.2, -0.15) is 0 Å². The maximum Gasteiger partial charge on any atom is 0.337 e. The molecule has 0 unspecified atom stereocenters. The van der Waals surface area contributed by atoms with Gasteiger partial charge in [-0.15, -0.1) is 22.7 Å². The molecule has 0 saturated heterocycles. The molecule has 2 heterocycles. The Hall–Kier alpha value is -5.65. The van der Waals surface area contributed by atoms with Crippen molar-refractivity contribution in [3.8, 4) is 22.5 Å². The molecule has 6 aromatic rings. The van der Waals surface area contributed by atoms with Crippen LogP contribution in [0.2, 0.25) is 0 Å². The highest BCUT2D eigenvalue weighted by molar-refractivity contribution is 7.10. The molecule has 9 nitrogen and oxygen atoms in total. The largest absolute Gasteiger partial charge is 0.465 e. The third-order valence-electron chi connectivity index (χ3n) is 9.26. The van der Waals surface area contributed by atoms with E-state index in [0.29, 0.717) is 11.1 Å². The number of esters is 2. The van der Waals surface area contributed by atoms with Crippen LogP contribution < -0.4 is 5.73 Å². The van der Waals surface area contributed by atoms with E-state index >= 15 is 0 Å². The molecular formula is C44H47N5O4S2. The lowest BCUT2D eigenvalue weighted by atomic mass is 10.0. The predicted molar refractivity (Wildman–Crippen MR) is 226 cm³/mol. The van der Waals surface area contributed by atoms with Crippen LogP contribution in [0.15, 0.2) is 88.5 Å². The highest BCUT2D eigenvalue weighted by Gasteiger charge is 2.12. The number of nitrogen functional groups attached to an aromatic ring is 1. The lowest BCUT2D eigenvalue weighted by Gasteiger charge is -2.11. The molecule has 0 fully saturated rings. The van der Waals surface area contributed by atoms with E-state index in [2.05, 4.69) is 61.2 Å². The maximum absolute atomic E-state index is 11.6. The predicted octanol–water partition coefficient (Wildman–Crippen LogP) is 9.80. The average Bonchev–Trinajstić information content (AvgIpc) is 3.87. The van der Waals surface area contributed by atoms with Gasteiger partial charge in [-0.25, -0.2) is 24.5 Å². The number of rotatable bonds is 11. The van der Waals surface area contributed by atoms with Gasteiger partial charge in [0.15, 0.2) is 0 Å². The van der Waals surface area contributed by atoms with Gasteiger partial charge in [-0.3, -0.25) is 0 Å². The molecule has 0 radical (unpaired) electrons. The van der Waals surface area contributed by atoms with Crippen molar-refractivity contribution in [2.45, 2.75) is 47.5 Å². The van der Waals surface area contributed by atoms with Crippen molar-refractivity contribution in [2.24, 2.45) is 4.99 Å². The summed E-state index contributed by atoms with van der Waals surface area (Å²) in [6.07, 6.45) is 3.45. The van der Waals surface area contributed by atoms with Crippen LogP contribution in [-0.4, -0.2) is 61.0 Å².